The van der Waals surface area contributed by atoms with Gasteiger partial charge in [-0.25, -0.2) is 9.48 Å². The summed E-state index contributed by atoms with van der Waals surface area (Å²) in [6.45, 7) is 16.6. The number of carbonyl (C=O) groups excluding carboxylic acids is 2. The largest absolute Gasteiger partial charge is 0.322 e. The molecule has 2 aromatic rings. The molecular weight excluding hydrogens is 426 g/mol. The fraction of sp³-hybridized carbons (Fsp3) is 0.542. The molecule has 1 aromatic carbocycles. The van der Waals surface area contributed by atoms with E-state index < -0.39 is 0 Å². The van der Waals surface area contributed by atoms with Crippen molar-refractivity contribution in [1.29, 1.82) is 0 Å². The van der Waals surface area contributed by atoms with E-state index in [4.69, 9.17) is 16.7 Å². The van der Waals surface area contributed by atoms with Gasteiger partial charge in [-0.3, -0.25) is 4.79 Å². The molecule has 7 nitrogen and oxygen atoms in total. The predicted octanol–water partition coefficient (Wildman–Crippen LogP) is 5.78. The van der Waals surface area contributed by atoms with E-state index in [2.05, 4.69) is 31.4 Å². The molecule has 0 unspecified atom stereocenters. The smallest absolute Gasteiger partial charge is 0.315 e. The minimum Gasteiger partial charge on any atom is -0.315 e. The van der Waals surface area contributed by atoms with Crippen molar-refractivity contribution < 1.29 is 9.59 Å². The molecule has 0 aliphatic carbocycles. The molecule has 2 N–H and O–H groups in total. The highest BCUT2D eigenvalue weighted by Gasteiger charge is 2.26. The Hall–Kier alpha value is -2.54. The van der Waals surface area contributed by atoms with Crippen molar-refractivity contribution in [2.24, 2.45) is 0 Å². The van der Waals surface area contributed by atoms with E-state index in [9.17, 15) is 9.59 Å². The van der Waals surface area contributed by atoms with Crippen molar-refractivity contribution >= 4 is 35.0 Å². The lowest BCUT2D eigenvalue weighted by Gasteiger charge is -2.24. The number of anilines is 2. The van der Waals surface area contributed by atoms with Crippen LogP contribution < -0.4 is 10.6 Å². The van der Waals surface area contributed by atoms with Gasteiger partial charge in [0.2, 0.25) is 5.91 Å². The first-order valence-corrected chi connectivity index (χ1v) is 11.3. The van der Waals surface area contributed by atoms with Gasteiger partial charge in [0.05, 0.1) is 11.2 Å². The maximum absolute atomic E-state index is 12.9. The summed E-state index contributed by atoms with van der Waals surface area (Å²) in [7, 11) is 0. The second-order valence-electron chi connectivity index (χ2n) is 10.1. The summed E-state index contributed by atoms with van der Waals surface area (Å²) in [5, 5.41) is 11.1. The Balaban J connectivity index is 2.17. The zero-order valence-corrected chi connectivity index (χ0v) is 21.2. The van der Waals surface area contributed by atoms with Gasteiger partial charge in [-0.1, -0.05) is 45.4 Å². The van der Waals surface area contributed by atoms with Gasteiger partial charge in [-0.2, -0.15) is 5.10 Å². The quantitative estimate of drug-likeness (QED) is 0.572. The van der Waals surface area contributed by atoms with Crippen LogP contribution in [-0.4, -0.2) is 39.7 Å². The Labute approximate surface area is 196 Å². The molecule has 1 heterocycles. The van der Waals surface area contributed by atoms with Crippen LogP contribution in [0.4, 0.5) is 16.3 Å². The lowest BCUT2D eigenvalue weighted by Crippen LogP contribution is -2.41. The Morgan fingerprint density at radius 3 is 2.28 bits per heavy atom. The molecule has 3 amide bonds. The average molecular weight is 462 g/mol. The molecule has 0 aliphatic heterocycles. The first-order valence-electron chi connectivity index (χ1n) is 11.0. The molecule has 0 radical (unpaired) electrons. The SMILES string of the molecule is CCCN(CC(=O)Nc1cc(C(C)(C)C)nn1C(C)(C)C)C(=O)Nc1ccc(C)c(Cl)c1. The van der Waals surface area contributed by atoms with Gasteiger partial charge in [-0.05, 0) is 51.8 Å². The number of rotatable bonds is 6. The number of halogens is 1. The first-order chi connectivity index (χ1) is 14.7. The number of hydrogen-bond acceptors (Lipinski definition) is 3. The monoisotopic (exact) mass is 461 g/mol. The summed E-state index contributed by atoms with van der Waals surface area (Å²) in [5.41, 5.74) is 1.95. The number of nitrogens with one attached hydrogen (secondary N) is 2. The number of aromatic nitrogens is 2. The number of aryl methyl sites for hydroxylation is 1. The first kappa shape index (κ1) is 25.7. The molecule has 0 atom stereocenters. The van der Waals surface area contributed by atoms with Crippen molar-refractivity contribution in [1.82, 2.24) is 14.7 Å². The van der Waals surface area contributed by atoms with Crippen LogP contribution in [-0.2, 0) is 15.7 Å². The average Bonchev–Trinajstić information content (AvgIpc) is 3.09. The van der Waals surface area contributed by atoms with Gasteiger partial charge < -0.3 is 15.5 Å². The lowest BCUT2D eigenvalue weighted by molar-refractivity contribution is -0.116. The Bertz CT molecular complexity index is 970. The van der Waals surface area contributed by atoms with Gasteiger partial charge in [-0.15, -0.1) is 0 Å². The van der Waals surface area contributed by atoms with Gasteiger partial charge >= 0.3 is 6.03 Å². The molecule has 8 heteroatoms. The zero-order valence-electron chi connectivity index (χ0n) is 20.5. The maximum atomic E-state index is 12.9. The molecule has 0 bridgehead atoms. The van der Waals surface area contributed by atoms with Gasteiger partial charge in [0.1, 0.15) is 12.4 Å². The Kier molecular flexibility index (Phi) is 7.99. The van der Waals surface area contributed by atoms with Gasteiger partial charge in [0.25, 0.3) is 0 Å². The highest BCUT2D eigenvalue weighted by Crippen LogP contribution is 2.28. The van der Waals surface area contributed by atoms with Crippen molar-refractivity contribution in [3.05, 3.63) is 40.5 Å². The molecule has 0 aliphatic rings. The third kappa shape index (κ3) is 6.73. The highest BCUT2D eigenvalue weighted by atomic mass is 35.5. The molecule has 0 saturated carbocycles. The third-order valence-electron chi connectivity index (χ3n) is 4.92. The lowest BCUT2D eigenvalue weighted by atomic mass is 9.92. The van der Waals surface area contributed by atoms with E-state index in [1.807, 2.05) is 51.4 Å². The molecule has 2 rings (SSSR count). The number of amides is 3. The maximum Gasteiger partial charge on any atom is 0.322 e. The fourth-order valence-corrected chi connectivity index (χ4v) is 3.28. The summed E-state index contributed by atoms with van der Waals surface area (Å²) < 4.78 is 1.82. The molecule has 0 fully saturated rings. The normalized spacial score (nSPS) is 11.9. The fourth-order valence-electron chi connectivity index (χ4n) is 3.10. The van der Waals surface area contributed by atoms with Crippen LogP contribution in [0.3, 0.4) is 0 Å². The number of benzene rings is 1. The molecule has 176 valence electrons. The topological polar surface area (TPSA) is 79.3 Å². The van der Waals surface area contributed by atoms with E-state index in [-0.39, 0.29) is 29.4 Å². The second kappa shape index (κ2) is 9.94. The van der Waals surface area contributed by atoms with Crippen LogP contribution in [0.15, 0.2) is 24.3 Å². The van der Waals surface area contributed by atoms with E-state index in [0.717, 1.165) is 17.7 Å². The third-order valence-corrected chi connectivity index (χ3v) is 5.33. The Morgan fingerprint density at radius 1 is 1.09 bits per heavy atom. The Morgan fingerprint density at radius 2 is 1.75 bits per heavy atom. The van der Waals surface area contributed by atoms with Crippen molar-refractivity contribution in [3.63, 3.8) is 0 Å². The van der Waals surface area contributed by atoms with Crippen molar-refractivity contribution in [2.45, 2.75) is 72.8 Å². The van der Waals surface area contributed by atoms with Crippen molar-refractivity contribution in [3.8, 4) is 0 Å². The van der Waals surface area contributed by atoms with E-state index >= 15 is 0 Å². The standard InChI is InChI=1S/C24H36ClN5O2/c1-9-12-29(22(32)26-17-11-10-16(2)18(25)13-17)15-21(31)27-20-14-19(23(3,4)5)28-30(20)24(6,7)8/h10-11,13-14H,9,12,15H2,1-8H3,(H,26,32)(H,27,31). The molecule has 0 saturated heterocycles. The number of nitrogens with zero attached hydrogens (tertiary/aromatic N) is 3. The van der Waals surface area contributed by atoms with E-state index in [1.54, 1.807) is 12.1 Å². The van der Waals surface area contributed by atoms with Crippen LogP contribution >= 0.6 is 11.6 Å². The summed E-state index contributed by atoms with van der Waals surface area (Å²) in [6, 6.07) is 6.90. The summed E-state index contributed by atoms with van der Waals surface area (Å²) in [4.78, 5) is 27.2. The van der Waals surface area contributed by atoms with Gasteiger partial charge in [0, 0.05) is 28.7 Å². The molecule has 0 spiro atoms. The zero-order chi connectivity index (χ0) is 24.3. The molecule has 32 heavy (non-hydrogen) atoms. The second-order valence-corrected chi connectivity index (χ2v) is 10.5. The van der Waals surface area contributed by atoms with Crippen LogP contribution in [0.1, 0.15) is 66.1 Å². The summed E-state index contributed by atoms with van der Waals surface area (Å²) >= 11 is 6.16. The van der Waals surface area contributed by atoms with E-state index in [1.165, 1.54) is 4.90 Å². The summed E-state index contributed by atoms with van der Waals surface area (Å²) in [6.07, 6.45) is 0.726. The molecule has 1 aromatic heterocycles. The van der Waals surface area contributed by atoms with Crippen LogP contribution in [0.2, 0.25) is 5.02 Å². The predicted molar refractivity (Wildman–Crippen MR) is 132 cm³/mol. The summed E-state index contributed by atoms with van der Waals surface area (Å²) in [5.74, 6) is 0.344. The van der Waals surface area contributed by atoms with Crippen molar-refractivity contribution in [2.75, 3.05) is 23.7 Å². The van der Waals surface area contributed by atoms with Crippen LogP contribution in [0, 0.1) is 6.92 Å². The van der Waals surface area contributed by atoms with Gasteiger partial charge in [0.15, 0.2) is 0 Å². The van der Waals surface area contributed by atoms with E-state index in [0.29, 0.717) is 23.1 Å². The number of carbonyl (C=O) groups is 2. The minimum absolute atomic E-state index is 0.0700. The molecular formula is C24H36ClN5O2. The number of hydrogen-bond donors (Lipinski definition) is 2. The van der Waals surface area contributed by atoms with Crippen LogP contribution in [0.25, 0.3) is 0 Å². The highest BCUT2D eigenvalue weighted by molar-refractivity contribution is 6.31. The van der Waals surface area contributed by atoms with Crippen LogP contribution in [0.5, 0.6) is 0 Å². The minimum atomic E-state index is -0.346. The number of urea groups is 1.